The fourth-order valence-electron chi connectivity index (χ4n) is 1.75. The van der Waals surface area contributed by atoms with Gasteiger partial charge in [-0.25, -0.2) is 0 Å². The van der Waals surface area contributed by atoms with Gasteiger partial charge < -0.3 is 4.84 Å². The van der Waals surface area contributed by atoms with Gasteiger partial charge in [-0.3, -0.25) is 4.79 Å². The lowest BCUT2D eigenvalue weighted by Crippen LogP contribution is -2.00. The highest BCUT2D eigenvalue weighted by atomic mass is 16.6. The summed E-state index contributed by atoms with van der Waals surface area (Å²) in [5.41, 5.74) is 2.03. The van der Waals surface area contributed by atoms with Gasteiger partial charge in [-0.15, -0.1) is 0 Å². The van der Waals surface area contributed by atoms with Crippen molar-refractivity contribution in [3.8, 4) is 0 Å². The second-order valence-corrected chi connectivity index (χ2v) is 4.25. The Bertz CT molecular complexity index is 382. The van der Waals surface area contributed by atoms with Crippen LogP contribution in [-0.2, 0) is 11.3 Å². The maximum atomic E-state index is 11.7. The highest BCUT2D eigenvalue weighted by molar-refractivity contribution is 6.03. The van der Waals surface area contributed by atoms with E-state index >= 15 is 0 Å². The number of unbranched alkanes of at least 4 members (excludes halogenated alkanes) is 2. The lowest BCUT2D eigenvalue weighted by Gasteiger charge is -2.02. The number of hydrogen-bond acceptors (Lipinski definition) is 3. The molecule has 0 heterocycles. The van der Waals surface area contributed by atoms with E-state index in [1.807, 2.05) is 24.3 Å². The van der Waals surface area contributed by atoms with Gasteiger partial charge in [-0.1, -0.05) is 49.2 Å². The Morgan fingerprint density at radius 1 is 1.28 bits per heavy atom. The van der Waals surface area contributed by atoms with Crippen LogP contribution in [0.1, 0.15) is 48.5 Å². The van der Waals surface area contributed by atoms with Gasteiger partial charge in [0.1, 0.15) is 7.11 Å². The standard InChI is InChI=1S/C15H21NO2/c1-3-4-5-6-13-7-9-14(10-8-13)15(17)11-12-16-18-2/h7-10,12H,3-6,11H2,1-2H3/b16-12+. The average molecular weight is 247 g/mol. The van der Waals surface area contributed by atoms with E-state index in [9.17, 15) is 4.79 Å². The number of carbonyl (C=O) groups is 1. The molecule has 0 spiro atoms. The Morgan fingerprint density at radius 3 is 2.61 bits per heavy atom. The summed E-state index contributed by atoms with van der Waals surface area (Å²) in [6, 6.07) is 7.86. The minimum Gasteiger partial charge on any atom is -0.399 e. The van der Waals surface area contributed by atoms with Gasteiger partial charge in [-0.2, -0.15) is 0 Å². The van der Waals surface area contributed by atoms with Gasteiger partial charge in [0.05, 0.1) is 6.21 Å². The Balaban J connectivity index is 2.48. The molecular weight excluding hydrogens is 226 g/mol. The number of hydrogen-bond donors (Lipinski definition) is 0. The molecule has 0 bridgehead atoms. The Labute approximate surface area is 109 Å². The summed E-state index contributed by atoms with van der Waals surface area (Å²) in [6.07, 6.45) is 6.56. The number of aryl methyl sites for hydroxylation is 1. The van der Waals surface area contributed by atoms with Crippen molar-refractivity contribution in [3.63, 3.8) is 0 Å². The van der Waals surface area contributed by atoms with Gasteiger partial charge >= 0.3 is 0 Å². The molecule has 0 aliphatic rings. The van der Waals surface area contributed by atoms with Crippen molar-refractivity contribution >= 4 is 12.0 Å². The summed E-state index contributed by atoms with van der Waals surface area (Å²) in [4.78, 5) is 16.3. The van der Waals surface area contributed by atoms with E-state index < -0.39 is 0 Å². The first-order valence-corrected chi connectivity index (χ1v) is 6.45. The maximum absolute atomic E-state index is 11.7. The van der Waals surface area contributed by atoms with E-state index in [0.717, 1.165) is 12.0 Å². The van der Waals surface area contributed by atoms with Crippen LogP contribution in [0.15, 0.2) is 29.4 Å². The van der Waals surface area contributed by atoms with Crippen LogP contribution in [-0.4, -0.2) is 19.1 Å². The highest BCUT2D eigenvalue weighted by Gasteiger charge is 2.03. The summed E-state index contributed by atoms with van der Waals surface area (Å²) in [6.45, 7) is 2.20. The smallest absolute Gasteiger partial charge is 0.168 e. The third kappa shape index (κ3) is 5.13. The number of benzene rings is 1. The first kappa shape index (κ1) is 14.4. The zero-order valence-electron chi connectivity index (χ0n) is 11.2. The zero-order valence-corrected chi connectivity index (χ0v) is 11.2. The molecule has 0 atom stereocenters. The summed E-state index contributed by atoms with van der Waals surface area (Å²) >= 11 is 0. The van der Waals surface area contributed by atoms with Crippen LogP contribution in [0.2, 0.25) is 0 Å². The van der Waals surface area contributed by atoms with Crippen molar-refractivity contribution < 1.29 is 9.63 Å². The van der Waals surface area contributed by atoms with E-state index in [1.54, 1.807) is 0 Å². The Kier molecular flexibility index (Phi) is 6.77. The van der Waals surface area contributed by atoms with Crippen LogP contribution in [0.3, 0.4) is 0 Å². The molecule has 0 N–H and O–H groups in total. The fourth-order valence-corrected chi connectivity index (χ4v) is 1.75. The topological polar surface area (TPSA) is 38.7 Å². The van der Waals surface area contributed by atoms with Crippen molar-refractivity contribution in [2.75, 3.05) is 7.11 Å². The normalized spacial score (nSPS) is 10.8. The van der Waals surface area contributed by atoms with Gasteiger partial charge in [0.25, 0.3) is 0 Å². The van der Waals surface area contributed by atoms with Gasteiger partial charge in [0.15, 0.2) is 5.78 Å². The summed E-state index contributed by atoms with van der Waals surface area (Å²) in [7, 11) is 1.46. The van der Waals surface area contributed by atoms with Gasteiger partial charge in [0, 0.05) is 12.0 Å². The van der Waals surface area contributed by atoms with E-state index in [2.05, 4.69) is 16.9 Å². The minimum absolute atomic E-state index is 0.0657. The zero-order chi connectivity index (χ0) is 13.2. The van der Waals surface area contributed by atoms with Gasteiger partial charge in [-0.05, 0) is 18.4 Å². The van der Waals surface area contributed by atoms with Crippen molar-refractivity contribution in [1.82, 2.24) is 0 Å². The first-order valence-electron chi connectivity index (χ1n) is 6.45. The number of rotatable bonds is 8. The van der Waals surface area contributed by atoms with Crippen LogP contribution in [0.25, 0.3) is 0 Å². The summed E-state index contributed by atoms with van der Waals surface area (Å²) in [5.74, 6) is 0.0657. The predicted octanol–water partition coefficient (Wildman–Crippen LogP) is 3.62. The molecule has 1 aromatic carbocycles. The van der Waals surface area contributed by atoms with E-state index in [0.29, 0.717) is 0 Å². The average Bonchev–Trinajstić information content (AvgIpc) is 2.40. The molecular formula is C15H21NO2. The molecule has 1 aromatic rings. The second-order valence-electron chi connectivity index (χ2n) is 4.25. The summed E-state index contributed by atoms with van der Waals surface area (Å²) in [5, 5.41) is 3.56. The molecule has 0 amide bonds. The SMILES string of the molecule is CCCCCc1ccc(C(=O)C/C=N/OC)cc1. The van der Waals surface area contributed by atoms with Crippen LogP contribution >= 0.6 is 0 Å². The molecule has 3 nitrogen and oxygen atoms in total. The molecule has 18 heavy (non-hydrogen) atoms. The van der Waals surface area contributed by atoms with E-state index in [-0.39, 0.29) is 12.2 Å². The number of nitrogens with zero attached hydrogens (tertiary/aromatic N) is 1. The molecule has 0 unspecified atom stereocenters. The molecule has 0 aliphatic carbocycles. The fraction of sp³-hybridized carbons (Fsp3) is 0.467. The molecule has 98 valence electrons. The Morgan fingerprint density at radius 2 is 2.00 bits per heavy atom. The molecule has 1 rings (SSSR count). The largest absolute Gasteiger partial charge is 0.399 e. The molecule has 0 saturated heterocycles. The molecule has 0 aliphatic heterocycles. The van der Waals surface area contributed by atoms with Crippen LogP contribution in [0.4, 0.5) is 0 Å². The molecule has 3 heteroatoms. The van der Waals surface area contributed by atoms with Crippen LogP contribution in [0.5, 0.6) is 0 Å². The van der Waals surface area contributed by atoms with E-state index in [4.69, 9.17) is 0 Å². The minimum atomic E-state index is 0.0657. The molecule has 0 aromatic heterocycles. The predicted molar refractivity (Wildman–Crippen MR) is 74.1 cm³/mol. The third-order valence-corrected chi connectivity index (χ3v) is 2.80. The van der Waals surface area contributed by atoms with Crippen molar-refractivity contribution in [2.45, 2.75) is 39.0 Å². The molecule has 0 fully saturated rings. The first-order chi connectivity index (χ1) is 8.77. The second kappa shape index (κ2) is 8.45. The van der Waals surface area contributed by atoms with Crippen molar-refractivity contribution in [3.05, 3.63) is 35.4 Å². The Hall–Kier alpha value is -1.64. The number of carbonyl (C=O) groups excluding carboxylic acids is 1. The van der Waals surface area contributed by atoms with Crippen molar-refractivity contribution in [1.29, 1.82) is 0 Å². The quantitative estimate of drug-likeness (QED) is 0.304. The lowest BCUT2D eigenvalue weighted by atomic mass is 10.0. The van der Waals surface area contributed by atoms with Gasteiger partial charge in [0.2, 0.25) is 0 Å². The number of oxime groups is 1. The van der Waals surface area contributed by atoms with Crippen LogP contribution in [0, 0.1) is 0 Å². The highest BCUT2D eigenvalue weighted by Crippen LogP contribution is 2.10. The monoisotopic (exact) mass is 247 g/mol. The maximum Gasteiger partial charge on any atom is 0.168 e. The third-order valence-electron chi connectivity index (χ3n) is 2.80. The summed E-state index contributed by atoms with van der Waals surface area (Å²) < 4.78 is 0. The van der Waals surface area contributed by atoms with Crippen molar-refractivity contribution in [2.24, 2.45) is 5.16 Å². The molecule has 0 saturated carbocycles. The number of Topliss-reactive ketones (excluding diaryl/α,β-unsaturated/α-hetero) is 1. The number of ketones is 1. The lowest BCUT2D eigenvalue weighted by molar-refractivity contribution is 0.1000. The van der Waals surface area contributed by atoms with E-state index in [1.165, 1.54) is 38.2 Å². The molecule has 0 radical (unpaired) electrons. The van der Waals surface area contributed by atoms with Crippen LogP contribution < -0.4 is 0 Å².